The number of aromatic nitrogens is 4. The molecule has 8 heteroatoms. The summed E-state index contributed by atoms with van der Waals surface area (Å²) >= 11 is 0. The van der Waals surface area contributed by atoms with Gasteiger partial charge in [0.1, 0.15) is 6.61 Å². The molecule has 0 radical (unpaired) electrons. The Kier molecular flexibility index (Phi) is 6.60. The molecule has 0 atom stereocenters. The van der Waals surface area contributed by atoms with Gasteiger partial charge in [-0.2, -0.15) is 9.97 Å². The van der Waals surface area contributed by atoms with Gasteiger partial charge in [-0.15, -0.1) is 0 Å². The Hall–Kier alpha value is -3.23. The van der Waals surface area contributed by atoms with E-state index in [2.05, 4.69) is 57.7 Å². The maximum atomic E-state index is 6.61. The summed E-state index contributed by atoms with van der Waals surface area (Å²) in [6.45, 7) is 9.06. The van der Waals surface area contributed by atoms with Crippen LogP contribution in [0.25, 0.3) is 21.9 Å². The Morgan fingerprint density at radius 2 is 1.74 bits per heavy atom. The van der Waals surface area contributed by atoms with Gasteiger partial charge in [0.15, 0.2) is 11.2 Å². The molecule has 0 bridgehead atoms. The third-order valence-electron chi connectivity index (χ3n) is 9.01. The first-order chi connectivity index (χ1) is 19.2. The Balaban J connectivity index is 1.28. The van der Waals surface area contributed by atoms with Crippen LogP contribution in [0.1, 0.15) is 50.2 Å². The molecule has 0 amide bonds. The molecule has 0 saturated carbocycles. The first kappa shape index (κ1) is 24.8. The summed E-state index contributed by atoms with van der Waals surface area (Å²) in [5.74, 6) is 1.32. The highest BCUT2D eigenvalue weighted by Gasteiger charge is 2.45. The SMILES string of the molecule is CCc1cccc2cccc(Cn3cnc4c(OCC56CCCN5CCC6)nc(N5CCCOCC5)nc43)c12. The minimum atomic E-state index is 0.149. The van der Waals surface area contributed by atoms with E-state index in [1.165, 1.54) is 60.7 Å². The second-order valence-corrected chi connectivity index (χ2v) is 11.3. The van der Waals surface area contributed by atoms with E-state index in [-0.39, 0.29) is 5.54 Å². The van der Waals surface area contributed by atoms with Gasteiger partial charge >= 0.3 is 0 Å². The van der Waals surface area contributed by atoms with E-state index in [1.54, 1.807) is 0 Å². The van der Waals surface area contributed by atoms with Crippen molar-refractivity contribution in [3.63, 3.8) is 0 Å². The molecule has 2 aromatic heterocycles. The summed E-state index contributed by atoms with van der Waals surface area (Å²) < 4.78 is 14.5. The molecular formula is C31H38N6O2. The molecule has 4 aromatic rings. The zero-order chi connectivity index (χ0) is 26.2. The van der Waals surface area contributed by atoms with E-state index in [0.717, 1.165) is 43.7 Å². The van der Waals surface area contributed by atoms with Gasteiger partial charge in [0.05, 0.1) is 25.0 Å². The minimum Gasteiger partial charge on any atom is -0.474 e. The maximum absolute atomic E-state index is 6.61. The van der Waals surface area contributed by atoms with Gasteiger partial charge in [0.2, 0.25) is 11.8 Å². The van der Waals surface area contributed by atoms with Crippen LogP contribution in [0.15, 0.2) is 42.7 Å². The monoisotopic (exact) mass is 526 g/mol. The number of imidazole rings is 1. The lowest BCUT2D eigenvalue weighted by Gasteiger charge is -2.31. The first-order valence-electron chi connectivity index (χ1n) is 14.7. The van der Waals surface area contributed by atoms with Crippen LogP contribution in [-0.4, -0.2) is 76.0 Å². The number of rotatable bonds is 7. The van der Waals surface area contributed by atoms with Crippen molar-refractivity contribution in [1.29, 1.82) is 0 Å². The molecule has 39 heavy (non-hydrogen) atoms. The third kappa shape index (κ3) is 4.53. The first-order valence-corrected chi connectivity index (χ1v) is 14.7. The Labute approximate surface area is 229 Å². The molecule has 5 heterocycles. The van der Waals surface area contributed by atoms with Crippen LogP contribution in [-0.2, 0) is 17.7 Å². The standard InChI is InChI=1S/C31H38N6O2/c1-2-23-8-3-9-24-10-4-11-25(26(23)24)20-36-22-32-27-28(36)33-30(35-14-7-18-38-19-17-35)34-29(27)39-21-31-12-5-15-37(31)16-6-13-31/h3-4,8-11,22H,2,5-7,12-21H2,1H3. The normalized spacial score (nSPS) is 19.6. The number of benzene rings is 2. The average molecular weight is 527 g/mol. The van der Waals surface area contributed by atoms with E-state index in [4.69, 9.17) is 24.4 Å². The third-order valence-corrected chi connectivity index (χ3v) is 9.01. The van der Waals surface area contributed by atoms with Gasteiger partial charge in [0.25, 0.3) is 0 Å². The van der Waals surface area contributed by atoms with Gasteiger partial charge < -0.3 is 18.9 Å². The molecule has 0 aliphatic carbocycles. The summed E-state index contributed by atoms with van der Waals surface area (Å²) in [7, 11) is 0. The van der Waals surface area contributed by atoms with Gasteiger partial charge in [-0.05, 0) is 73.5 Å². The summed E-state index contributed by atoms with van der Waals surface area (Å²) in [4.78, 5) is 19.8. The lowest BCUT2D eigenvalue weighted by Crippen LogP contribution is -2.43. The Morgan fingerprint density at radius 1 is 0.923 bits per heavy atom. The van der Waals surface area contributed by atoms with Crippen molar-refractivity contribution in [3.8, 4) is 5.88 Å². The molecule has 0 unspecified atom stereocenters. The fourth-order valence-electron chi connectivity index (χ4n) is 6.99. The highest BCUT2D eigenvalue weighted by molar-refractivity contribution is 5.89. The van der Waals surface area contributed by atoms with Crippen LogP contribution in [0.2, 0.25) is 0 Å². The van der Waals surface area contributed by atoms with Gasteiger partial charge in [-0.3, -0.25) is 4.90 Å². The molecule has 3 aliphatic heterocycles. The van der Waals surface area contributed by atoms with E-state index in [0.29, 0.717) is 31.6 Å². The fraction of sp³-hybridized carbons (Fsp3) is 0.516. The van der Waals surface area contributed by atoms with E-state index >= 15 is 0 Å². The van der Waals surface area contributed by atoms with Crippen molar-refractivity contribution >= 4 is 27.9 Å². The highest BCUT2D eigenvalue weighted by atomic mass is 16.5. The molecule has 2 aromatic carbocycles. The molecular weight excluding hydrogens is 488 g/mol. The van der Waals surface area contributed by atoms with Crippen LogP contribution in [0.3, 0.4) is 0 Å². The molecule has 204 valence electrons. The second kappa shape index (κ2) is 10.4. The Morgan fingerprint density at radius 3 is 2.56 bits per heavy atom. The minimum absolute atomic E-state index is 0.149. The van der Waals surface area contributed by atoms with Crippen LogP contribution in [0.5, 0.6) is 5.88 Å². The summed E-state index contributed by atoms with van der Waals surface area (Å²) in [6, 6.07) is 13.2. The zero-order valence-corrected chi connectivity index (χ0v) is 22.9. The number of fused-ring (bicyclic) bond motifs is 3. The predicted molar refractivity (Wildman–Crippen MR) is 154 cm³/mol. The van der Waals surface area contributed by atoms with Crippen molar-refractivity contribution < 1.29 is 9.47 Å². The molecule has 8 nitrogen and oxygen atoms in total. The molecule has 3 fully saturated rings. The second-order valence-electron chi connectivity index (χ2n) is 11.3. The predicted octanol–water partition coefficient (Wildman–Crippen LogP) is 4.82. The maximum Gasteiger partial charge on any atom is 0.247 e. The van der Waals surface area contributed by atoms with E-state index < -0.39 is 0 Å². The topological polar surface area (TPSA) is 68.5 Å². The van der Waals surface area contributed by atoms with Gasteiger partial charge in [-0.25, -0.2) is 4.98 Å². The Bertz CT molecular complexity index is 1460. The lowest BCUT2D eigenvalue weighted by molar-refractivity contribution is 0.111. The van der Waals surface area contributed by atoms with E-state index in [1.807, 2.05) is 6.33 Å². The lowest BCUT2D eigenvalue weighted by atomic mass is 9.95. The molecule has 0 spiro atoms. The summed E-state index contributed by atoms with van der Waals surface area (Å²) in [5, 5.41) is 2.61. The highest BCUT2D eigenvalue weighted by Crippen LogP contribution is 2.39. The average Bonchev–Trinajstić information content (AvgIpc) is 3.60. The van der Waals surface area contributed by atoms with Crippen LogP contribution in [0, 0.1) is 0 Å². The van der Waals surface area contributed by atoms with Crippen LogP contribution >= 0.6 is 0 Å². The van der Waals surface area contributed by atoms with Crippen molar-refractivity contribution in [2.75, 3.05) is 50.9 Å². The quantitative estimate of drug-likeness (QED) is 0.342. The number of aryl methyl sites for hydroxylation is 1. The number of nitrogens with zero attached hydrogens (tertiary/aromatic N) is 6. The summed E-state index contributed by atoms with van der Waals surface area (Å²) in [6.07, 6.45) is 8.77. The number of anilines is 1. The largest absolute Gasteiger partial charge is 0.474 e. The molecule has 3 saturated heterocycles. The van der Waals surface area contributed by atoms with Gasteiger partial charge in [-0.1, -0.05) is 43.3 Å². The van der Waals surface area contributed by atoms with Crippen molar-refractivity contribution in [2.24, 2.45) is 0 Å². The van der Waals surface area contributed by atoms with Crippen LogP contribution < -0.4 is 9.64 Å². The molecule has 7 rings (SSSR count). The van der Waals surface area contributed by atoms with E-state index in [9.17, 15) is 0 Å². The zero-order valence-electron chi connectivity index (χ0n) is 22.9. The molecule has 0 N–H and O–H groups in total. The smallest absolute Gasteiger partial charge is 0.247 e. The molecule has 3 aliphatic rings. The number of hydrogen-bond acceptors (Lipinski definition) is 7. The fourth-order valence-corrected chi connectivity index (χ4v) is 6.99. The number of hydrogen-bond donors (Lipinski definition) is 0. The summed E-state index contributed by atoms with van der Waals surface area (Å²) in [5.41, 5.74) is 4.38. The van der Waals surface area contributed by atoms with Crippen LogP contribution in [0.4, 0.5) is 5.95 Å². The van der Waals surface area contributed by atoms with Gasteiger partial charge in [0, 0.05) is 19.7 Å². The number of ether oxygens (including phenoxy) is 2. The van der Waals surface area contributed by atoms with Crippen molar-refractivity contribution in [2.45, 2.75) is 57.5 Å². The van der Waals surface area contributed by atoms with Crippen molar-refractivity contribution in [1.82, 2.24) is 24.4 Å². The van der Waals surface area contributed by atoms with Crippen molar-refractivity contribution in [3.05, 3.63) is 53.9 Å².